The van der Waals surface area contributed by atoms with Crippen LogP contribution in [0.2, 0.25) is 0 Å². The molecule has 0 saturated heterocycles. The largest absolute Gasteiger partial charge is 0.331 e. The number of nitrogens with zero attached hydrogens (tertiary/aromatic N) is 1. The Morgan fingerprint density at radius 3 is 1.92 bits per heavy atom. The van der Waals surface area contributed by atoms with Gasteiger partial charge in [-0.2, -0.15) is 0 Å². The zero-order valence-corrected chi connectivity index (χ0v) is 8.67. The van der Waals surface area contributed by atoms with E-state index in [0.29, 0.717) is 0 Å². The number of rotatable bonds is 0. The lowest BCUT2D eigenvalue weighted by Gasteiger charge is -2.14. The Kier molecular flexibility index (Phi) is 4.10. The topological polar surface area (TPSA) is 49.4 Å². The van der Waals surface area contributed by atoms with Crippen molar-refractivity contribution < 1.29 is 9.59 Å². The molecule has 12 heavy (non-hydrogen) atoms. The average Bonchev–Trinajstić information content (AvgIpc) is 1.85. The highest BCUT2D eigenvalue weighted by Gasteiger charge is 2.32. The molecule has 7 heteroatoms. The van der Waals surface area contributed by atoms with Crippen LogP contribution < -0.4 is 5.32 Å². The Morgan fingerprint density at radius 2 is 1.67 bits per heavy atom. The van der Waals surface area contributed by atoms with Gasteiger partial charge in [-0.15, -0.1) is 0 Å². The van der Waals surface area contributed by atoms with Crippen molar-refractivity contribution in [1.82, 2.24) is 10.2 Å². The summed E-state index contributed by atoms with van der Waals surface area (Å²) in [5.41, 5.74) is 0. The fourth-order valence-electron chi connectivity index (χ4n) is 0.280. The van der Waals surface area contributed by atoms with Gasteiger partial charge in [-0.1, -0.05) is 34.8 Å². The standard InChI is InChI=1S/C5H7Cl3N2O2/c1-10(2)4(12)9-3(11)5(6,7)8/h1-2H3,(H,9,11,12). The van der Waals surface area contributed by atoms with Crippen LogP contribution in [0.25, 0.3) is 0 Å². The number of hydrogen-bond acceptors (Lipinski definition) is 2. The molecule has 0 heterocycles. The third-order valence-corrected chi connectivity index (χ3v) is 1.40. The van der Waals surface area contributed by atoms with Gasteiger partial charge >= 0.3 is 6.03 Å². The van der Waals surface area contributed by atoms with Crippen LogP contribution >= 0.6 is 34.8 Å². The first-order valence-corrected chi connectivity index (χ1v) is 3.98. The molecule has 0 aliphatic heterocycles. The van der Waals surface area contributed by atoms with Gasteiger partial charge in [0.1, 0.15) is 0 Å². The van der Waals surface area contributed by atoms with Crippen molar-refractivity contribution in [3.05, 3.63) is 0 Å². The normalized spacial score (nSPS) is 10.8. The summed E-state index contributed by atoms with van der Waals surface area (Å²) in [6.07, 6.45) is 0. The number of carbonyl (C=O) groups excluding carboxylic acids is 2. The third kappa shape index (κ3) is 3.99. The molecule has 4 nitrogen and oxygen atoms in total. The molecule has 0 atom stereocenters. The molecule has 0 aromatic heterocycles. The molecule has 0 fully saturated rings. The van der Waals surface area contributed by atoms with Gasteiger partial charge in [-0.25, -0.2) is 4.79 Å². The number of carbonyl (C=O) groups is 2. The van der Waals surface area contributed by atoms with E-state index in [1.54, 1.807) is 0 Å². The molecular formula is C5H7Cl3N2O2. The lowest BCUT2D eigenvalue weighted by atomic mass is 10.6. The van der Waals surface area contributed by atoms with Gasteiger partial charge in [0, 0.05) is 14.1 Å². The SMILES string of the molecule is CN(C)C(=O)NC(=O)C(Cl)(Cl)Cl. The first-order valence-electron chi connectivity index (χ1n) is 2.84. The lowest BCUT2D eigenvalue weighted by molar-refractivity contribution is -0.119. The van der Waals surface area contributed by atoms with E-state index in [0.717, 1.165) is 4.90 Å². The maximum atomic E-state index is 10.8. The summed E-state index contributed by atoms with van der Waals surface area (Å²) in [5.74, 6) is -0.966. The fourth-order valence-corrected chi connectivity index (χ4v) is 0.422. The lowest BCUT2D eigenvalue weighted by Crippen LogP contribution is -2.43. The minimum Gasteiger partial charge on any atom is -0.331 e. The van der Waals surface area contributed by atoms with E-state index < -0.39 is 15.7 Å². The molecule has 0 aliphatic rings. The van der Waals surface area contributed by atoms with Crippen molar-refractivity contribution >= 4 is 46.7 Å². The first kappa shape index (κ1) is 11.8. The van der Waals surface area contributed by atoms with E-state index in [1.165, 1.54) is 14.1 Å². The summed E-state index contributed by atoms with van der Waals surface area (Å²) in [6, 6.07) is -0.633. The average molecular weight is 233 g/mol. The van der Waals surface area contributed by atoms with E-state index >= 15 is 0 Å². The zero-order valence-electron chi connectivity index (χ0n) is 6.40. The minimum absolute atomic E-state index is 0.633. The number of urea groups is 1. The monoisotopic (exact) mass is 232 g/mol. The van der Waals surface area contributed by atoms with Crippen molar-refractivity contribution in [3.63, 3.8) is 0 Å². The van der Waals surface area contributed by atoms with E-state index in [4.69, 9.17) is 34.8 Å². The van der Waals surface area contributed by atoms with Crippen molar-refractivity contribution in [2.75, 3.05) is 14.1 Å². The van der Waals surface area contributed by atoms with Gasteiger partial charge < -0.3 is 4.90 Å². The number of halogens is 3. The molecule has 1 N–H and O–H groups in total. The van der Waals surface area contributed by atoms with Gasteiger partial charge in [0.15, 0.2) is 0 Å². The van der Waals surface area contributed by atoms with Crippen molar-refractivity contribution in [2.24, 2.45) is 0 Å². The zero-order chi connectivity index (χ0) is 9.94. The van der Waals surface area contributed by atoms with Crippen LogP contribution in [0.3, 0.4) is 0 Å². The molecule has 0 radical (unpaired) electrons. The smallest absolute Gasteiger partial charge is 0.323 e. The predicted molar refractivity (Wildman–Crippen MR) is 47.5 cm³/mol. The Bertz CT molecular complexity index is 199. The second-order valence-corrected chi connectivity index (χ2v) is 4.43. The molecule has 0 spiro atoms. The highest BCUT2D eigenvalue weighted by Crippen LogP contribution is 2.25. The van der Waals surface area contributed by atoms with Crippen LogP contribution in [0.1, 0.15) is 0 Å². The van der Waals surface area contributed by atoms with Gasteiger partial charge in [0.05, 0.1) is 0 Å². The Morgan fingerprint density at radius 1 is 1.25 bits per heavy atom. The molecule has 0 unspecified atom stereocenters. The van der Waals surface area contributed by atoms with Crippen molar-refractivity contribution in [2.45, 2.75) is 3.79 Å². The van der Waals surface area contributed by atoms with E-state index in [2.05, 4.69) is 0 Å². The molecule has 0 rings (SSSR count). The summed E-state index contributed by atoms with van der Waals surface area (Å²) < 4.78 is -2.11. The number of alkyl halides is 3. The molecule has 3 amide bonds. The Labute approximate surface area is 84.7 Å². The highest BCUT2D eigenvalue weighted by atomic mass is 35.6. The summed E-state index contributed by atoms with van der Waals surface area (Å²) in [4.78, 5) is 22.8. The van der Waals surface area contributed by atoms with Crippen molar-refractivity contribution in [3.8, 4) is 0 Å². The maximum Gasteiger partial charge on any atom is 0.323 e. The quantitative estimate of drug-likeness (QED) is 0.638. The van der Waals surface area contributed by atoms with Gasteiger partial charge in [0.25, 0.3) is 9.70 Å². The number of hydrogen-bond donors (Lipinski definition) is 1. The number of imide groups is 1. The van der Waals surface area contributed by atoms with Crippen LogP contribution in [-0.4, -0.2) is 34.7 Å². The van der Waals surface area contributed by atoms with Crippen LogP contribution in [0.5, 0.6) is 0 Å². The van der Waals surface area contributed by atoms with E-state index in [9.17, 15) is 9.59 Å². The maximum absolute atomic E-state index is 10.8. The van der Waals surface area contributed by atoms with Crippen LogP contribution in [0.4, 0.5) is 4.79 Å². The van der Waals surface area contributed by atoms with E-state index in [1.807, 2.05) is 5.32 Å². The summed E-state index contributed by atoms with van der Waals surface area (Å²) >= 11 is 15.5. The molecule has 0 aromatic carbocycles. The van der Waals surface area contributed by atoms with Crippen molar-refractivity contribution in [1.29, 1.82) is 0 Å². The molecule has 70 valence electrons. The molecule has 0 bridgehead atoms. The Balaban J connectivity index is 4.12. The van der Waals surface area contributed by atoms with Crippen LogP contribution in [0, 0.1) is 0 Å². The summed E-state index contributed by atoms with van der Waals surface area (Å²) in [5, 5.41) is 1.87. The Hall–Kier alpha value is -0.190. The number of nitrogens with one attached hydrogen (secondary N) is 1. The van der Waals surface area contributed by atoms with Gasteiger partial charge in [0.2, 0.25) is 0 Å². The third-order valence-electron chi connectivity index (χ3n) is 0.884. The number of amides is 3. The second kappa shape index (κ2) is 4.16. The van der Waals surface area contributed by atoms with Crippen LogP contribution in [0.15, 0.2) is 0 Å². The summed E-state index contributed by atoms with van der Waals surface area (Å²) in [7, 11) is 2.92. The predicted octanol–water partition coefficient (Wildman–Crippen LogP) is 1.15. The fraction of sp³-hybridized carbons (Fsp3) is 0.600. The summed E-state index contributed by atoms with van der Waals surface area (Å²) in [6.45, 7) is 0. The van der Waals surface area contributed by atoms with Gasteiger partial charge in [-0.3, -0.25) is 10.1 Å². The van der Waals surface area contributed by atoms with E-state index in [-0.39, 0.29) is 0 Å². The highest BCUT2D eigenvalue weighted by molar-refractivity contribution is 6.76. The second-order valence-electron chi connectivity index (χ2n) is 2.15. The van der Waals surface area contributed by atoms with Crippen LogP contribution in [-0.2, 0) is 4.79 Å². The van der Waals surface area contributed by atoms with Gasteiger partial charge in [-0.05, 0) is 0 Å². The molecule has 0 aromatic rings. The molecule has 0 aliphatic carbocycles. The first-order chi connectivity index (χ1) is 5.25. The molecule has 0 saturated carbocycles. The minimum atomic E-state index is -2.11. The molecular weight excluding hydrogens is 226 g/mol.